The largest absolute Gasteiger partial charge is 0.466 e. The summed E-state index contributed by atoms with van der Waals surface area (Å²) in [5.74, 6) is -0.793. The van der Waals surface area contributed by atoms with E-state index >= 15 is 0 Å². The lowest BCUT2D eigenvalue weighted by Gasteiger charge is -2.25. The van der Waals surface area contributed by atoms with Crippen LogP contribution in [0.5, 0.6) is 0 Å². The predicted molar refractivity (Wildman–Crippen MR) is 121 cm³/mol. The molecule has 0 aliphatic carbocycles. The van der Waals surface area contributed by atoms with Crippen molar-refractivity contribution in [1.82, 2.24) is 4.98 Å². The molecule has 11 heteroatoms. The van der Waals surface area contributed by atoms with Crippen LogP contribution < -0.4 is 4.31 Å². The monoisotopic (exact) mass is 512 g/mol. The molecule has 0 radical (unpaired) electrons. The lowest BCUT2D eigenvalue weighted by Crippen LogP contribution is -2.31. The van der Waals surface area contributed by atoms with E-state index in [4.69, 9.17) is 16.3 Å². The molecule has 3 aromatic rings. The van der Waals surface area contributed by atoms with Crippen molar-refractivity contribution in [2.45, 2.75) is 31.0 Å². The number of anilines is 1. The average molecular weight is 513 g/mol. The number of esters is 1. The molecule has 180 valence electrons. The topological polar surface area (TPSA) is 76.6 Å². The van der Waals surface area contributed by atoms with Gasteiger partial charge >= 0.3 is 12.1 Å². The fraction of sp³-hybridized carbons (Fsp3) is 0.217. The summed E-state index contributed by atoms with van der Waals surface area (Å²) in [6.07, 6.45) is -4.18. The molecule has 0 saturated carbocycles. The summed E-state index contributed by atoms with van der Waals surface area (Å²) in [7, 11) is -4.29. The number of carbonyl (C=O) groups is 1. The van der Waals surface area contributed by atoms with Crippen LogP contribution in [0.15, 0.2) is 71.8 Å². The second-order valence-corrected chi connectivity index (χ2v) is 9.42. The number of halogens is 4. The standard InChI is InChI=1S/C23H20ClF3N2O4S/c1-2-33-21(30)12-16-8-10-19(11-9-16)34(31,32)29(15-17-6-4-3-5-7-17)22-20(24)13-18(14-28-22)23(25,26)27/h3-11,13-14H,2,12,15H2,1H3. The van der Waals surface area contributed by atoms with Gasteiger partial charge in [-0.1, -0.05) is 54.1 Å². The molecule has 1 aromatic heterocycles. The number of carbonyl (C=O) groups excluding carboxylic acids is 1. The van der Waals surface area contributed by atoms with E-state index in [1.165, 1.54) is 24.3 Å². The third kappa shape index (κ3) is 6.06. The highest BCUT2D eigenvalue weighted by Gasteiger charge is 2.34. The zero-order valence-electron chi connectivity index (χ0n) is 17.9. The number of ether oxygens (including phenoxy) is 1. The van der Waals surface area contributed by atoms with Crippen molar-refractivity contribution in [3.8, 4) is 0 Å². The van der Waals surface area contributed by atoms with Crippen LogP contribution in [-0.2, 0) is 38.7 Å². The van der Waals surface area contributed by atoms with E-state index in [0.717, 1.165) is 4.31 Å². The maximum absolute atomic E-state index is 13.5. The minimum absolute atomic E-state index is 0.0335. The van der Waals surface area contributed by atoms with Crippen molar-refractivity contribution in [3.63, 3.8) is 0 Å². The van der Waals surface area contributed by atoms with Crippen LogP contribution in [0.2, 0.25) is 5.02 Å². The van der Waals surface area contributed by atoms with Crippen LogP contribution >= 0.6 is 11.6 Å². The Morgan fingerprint density at radius 1 is 1.06 bits per heavy atom. The van der Waals surface area contributed by atoms with E-state index in [9.17, 15) is 26.4 Å². The van der Waals surface area contributed by atoms with E-state index < -0.39 is 32.8 Å². The number of rotatable bonds is 8. The third-order valence-electron chi connectivity index (χ3n) is 4.72. The summed E-state index contributed by atoms with van der Waals surface area (Å²) in [6.45, 7) is 1.68. The van der Waals surface area contributed by atoms with Gasteiger partial charge in [-0.25, -0.2) is 17.7 Å². The molecular formula is C23H20ClF3N2O4S. The molecule has 3 rings (SSSR count). The highest BCUT2D eigenvalue weighted by atomic mass is 35.5. The highest BCUT2D eigenvalue weighted by molar-refractivity contribution is 7.92. The average Bonchev–Trinajstić information content (AvgIpc) is 2.78. The summed E-state index contributed by atoms with van der Waals surface area (Å²) < 4.78 is 72.0. The molecule has 0 unspecified atom stereocenters. The molecule has 0 aliphatic rings. The summed E-state index contributed by atoms with van der Waals surface area (Å²) in [5.41, 5.74) is 0.0158. The quantitative estimate of drug-likeness (QED) is 0.385. The Morgan fingerprint density at radius 2 is 1.71 bits per heavy atom. The minimum Gasteiger partial charge on any atom is -0.466 e. The van der Waals surface area contributed by atoms with Crippen molar-refractivity contribution in [3.05, 3.63) is 88.6 Å². The number of hydrogen-bond acceptors (Lipinski definition) is 5. The van der Waals surface area contributed by atoms with E-state index in [2.05, 4.69) is 4.98 Å². The Balaban J connectivity index is 2.01. The molecule has 0 aliphatic heterocycles. The summed E-state index contributed by atoms with van der Waals surface area (Å²) in [5, 5.41) is -0.465. The lowest BCUT2D eigenvalue weighted by atomic mass is 10.1. The van der Waals surface area contributed by atoms with Crippen molar-refractivity contribution in [2.24, 2.45) is 0 Å². The van der Waals surface area contributed by atoms with Crippen LogP contribution in [0, 0.1) is 0 Å². The number of benzene rings is 2. The molecule has 34 heavy (non-hydrogen) atoms. The van der Waals surface area contributed by atoms with E-state index in [1.807, 2.05) is 0 Å². The molecule has 0 spiro atoms. The third-order valence-corrected chi connectivity index (χ3v) is 6.75. The Hall–Kier alpha value is -3.11. The number of alkyl halides is 3. The SMILES string of the molecule is CCOC(=O)Cc1ccc(S(=O)(=O)N(Cc2ccccc2)c2ncc(C(F)(F)F)cc2Cl)cc1. The fourth-order valence-electron chi connectivity index (χ4n) is 3.08. The molecule has 2 aromatic carbocycles. The Morgan fingerprint density at radius 3 is 2.26 bits per heavy atom. The van der Waals surface area contributed by atoms with Crippen LogP contribution in [0.3, 0.4) is 0 Å². The van der Waals surface area contributed by atoms with Crippen molar-refractivity contribution in [2.75, 3.05) is 10.9 Å². The van der Waals surface area contributed by atoms with Crippen LogP contribution in [0.4, 0.5) is 19.0 Å². The van der Waals surface area contributed by atoms with Gasteiger partial charge in [-0.05, 0) is 36.2 Å². The lowest BCUT2D eigenvalue weighted by molar-refractivity contribution is -0.142. The maximum atomic E-state index is 13.5. The van der Waals surface area contributed by atoms with Gasteiger partial charge in [0.05, 0.1) is 35.1 Å². The fourth-order valence-corrected chi connectivity index (χ4v) is 4.82. The van der Waals surface area contributed by atoms with Crippen molar-refractivity contribution in [1.29, 1.82) is 0 Å². The Labute approximate surface area is 200 Å². The Bertz CT molecular complexity index is 1250. The minimum atomic E-state index is -4.69. The van der Waals surface area contributed by atoms with Gasteiger partial charge in [0.15, 0.2) is 5.82 Å². The number of hydrogen-bond donors (Lipinski definition) is 0. The molecular weight excluding hydrogens is 493 g/mol. The number of sulfonamides is 1. The van der Waals surface area contributed by atoms with Gasteiger partial charge in [-0.15, -0.1) is 0 Å². The molecule has 6 nitrogen and oxygen atoms in total. The van der Waals surface area contributed by atoms with Gasteiger partial charge in [-0.2, -0.15) is 13.2 Å². The Kier molecular flexibility index (Phi) is 7.83. The van der Waals surface area contributed by atoms with Gasteiger partial charge in [-0.3, -0.25) is 4.79 Å². The molecule has 1 heterocycles. The number of nitrogens with zero attached hydrogens (tertiary/aromatic N) is 2. The van der Waals surface area contributed by atoms with Gasteiger partial charge in [0.1, 0.15) is 0 Å². The van der Waals surface area contributed by atoms with Crippen LogP contribution in [-0.4, -0.2) is 26.0 Å². The smallest absolute Gasteiger partial charge is 0.417 e. The zero-order valence-corrected chi connectivity index (χ0v) is 19.5. The summed E-state index contributed by atoms with van der Waals surface area (Å²) in [4.78, 5) is 15.3. The summed E-state index contributed by atoms with van der Waals surface area (Å²) in [6, 6.07) is 14.7. The predicted octanol–water partition coefficient (Wildman–Crippen LogP) is 5.25. The number of aromatic nitrogens is 1. The maximum Gasteiger partial charge on any atom is 0.417 e. The van der Waals surface area contributed by atoms with Crippen LogP contribution in [0.25, 0.3) is 0 Å². The van der Waals surface area contributed by atoms with Gasteiger partial charge in [0, 0.05) is 6.20 Å². The molecule has 0 fully saturated rings. The van der Waals surface area contributed by atoms with Crippen molar-refractivity contribution < 1.29 is 31.1 Å². The van der Waals surface area contributed by atoms with Crippen molar-refractivity contribution >= 4 is 33.4 Å². The first kappa shape index (κ1) is 25.5. The zero-order chi connectivity index (χ0) is 24.9. The first-order valence-corrected chi connectivity index (χ1v) is 11.9. The second kappa shape index (κ2) is 10.4. The molecule has 0 amide bonds. The molecule has 0 bridgehead atoms. The number of pyridine rings is 1. The first-order chi connectivity index (χ1) is 16.0. The van der Waals surface area contributed by atoms with E-state index in [-0.39, 0.29) is 30.3 Å². The second-order valence-electron chi connectivity index (χ2n) is 7.15. The summed E-state index contributed by atoms with van der Waals surface area (Å²) >= 11 is 6.08. The molecule has 0 N–H and O–H groups in total. The van der Waals surface area contributed by atoms with E-state index in [1.54, 1.807) is 37.3 Å². The normalized spacial score (nSPS) is 11.8. The van der Waals surface area contributed by atoms with Gasteiger partial charge < -0.3 is 4.74 Å². The van der Waals surface area contributed by atoms with E-state index in [0.29, 0.717) is 23.4 Å². The molecule has 0 saturated heterocycles. The van der Waals surface area contributed by atoms with Crippen LogP contribution in [0.1, 0.15) is 23.6 Å². The highest BCUT2D eigenvalue weighted by Crippen LogP contribution is 2.35. The first-order valence-electron chi connectivity index (χ1n) is 10.1. The molecule has 0 atom stereocenters. The van der Waals surface area contributed by atoms with Gasteiger partial charge in [0.2, 0.25) is 0 Å². The van der Waals surface area contributed by atoms with Gasteiger partial charge in [0.25, 0.3) is 10.0 Å².